The molecule has 0 spiro atoms. The molecule has 1 heterocycles. The lowest BCUT2D eigenvalue weighted by Gasteiger charge is -2.23. The van der Waals surface area contributed by atoms with Crippen molar-refractivity contribution in [3.8, 4) is 0 Å². The van der Waals surface area contributed by atoms with E-state index in [0.717, 1.165) is 32.5 Å². The average Bonchev–Trinajstić information content (AvgIpc) is 2.47. The number of carbonyl (C=O) groups is 2. The lowest BCUT2D eigenvalue weighted by Crippen LogP contribution is -2.37. The molecule has 1 aliphatic heterocycles. The van der Waals surface area contributed by atoms with Crippen molar-refractivity contribution in [2.24, 2.45) is 0 Å². The highest BCUT2D eigenvalue weighted by Crippen LogP contribution is 2.06. The Morgan fingerprint density at radius 2 is 1.48 bits per heavy atom. The van der Waals surface area contributed by atoms with Gasteiger partial charge in [-0.05, 0) is 18.4 Å². The molecule has 2 rings (SSSR count). The molecule has 0 atom stereocenters. The molecular formula is C16H23N3O2. The zero-order valence-electron chi connectivity index (χ0n) is 12.3. The van der Waals surface area contributed by atoms with E-state index >= 15 is 0 Å². The molecule has 0 saturated carbocycles. The van der Waals surface area contributed by atoms with Gasteiger partial charge in [0.25, 0.3) is 0 Å². The van der Waals surface area contributed by atoms with E-state index in [1.165, 1.54) is 5.56 Å². The van der Waals surface area contributed by atoms with Gasteiger partial charge in [-0.25, -0.2) is 0 Å². The molecule has 5 heteroatoms. The summed E-state index contributed by atoms with van der Waals surface area (Å²) in [5.41, 5.74) is 1.29. The molecule has 0 bridgehead atoms. The third-order valence-corrected chi connectivity index (χ3v) is 3.52. The average molecular weight is 289 g/mol. The van der Waals surface area contributed by atoms with Gasteiger partial charge in [-0.2, -0.15) is 0 Å². The van der Waals surface area contributed by atoms with Gasteiger partial charge < -0.3 is 10.6 Å². The minimum absolute atomic E-state index is 0.0618. The number of benzene rings is 1. The van der Waals surface area contributed by atoms with E-state index in [1.54, 1.807) is 0 Å². The predicted octanol–water partition coefficient (Wildman–Crippen LogP) is 0.905. The second-order valence-electron chi connectivity index (χ2n) is 5.35. The summed E-state index contributed by atoms with van der Waals surface area (Å²) >= 11 is 0. The van der Waals surface area contributed by atoms with Crippen LogP contribution in [0.15, 0.2) is 30.3 Å². The molecule has 21 heavy (non-hydrogen) atoms. The van der Waals surface area contributed by atoms with Crippen molar-refractivity contribution in [2.45, 2.75) is 25.8 Å². The molecule has 1 aliphatic rings. The SMILES string of the molecule is O=C1CC(=O)NCCCN(Cc2ccccc2)CCCN1. The molecule has 1 aromatic rings. The minimum Gasteiger partial charge on any atom is -0.356 e. The van der Waals surface area contributed by atoms with E-state index in [4.69, 9.17) is 0 Å². The number of rotatable bonds is 2. The van der Waals surface area contributed by atoms with Crippen molar-refractivity contribution in [1.29, 1.82) is 0 Å². The smallest absolute Gasteiger partial charge is 0.229 e. The summed E-state index contributed by atoms with van der Waals surface area (Å²) in [5.74, 6) is -0.384. The first kappa shape index (κ1) is 15.5. The lowest BCUT2D eigenvalue weighted by molar-refractivity contribution is -0.129. The fourth-order valence-corrected chi connectivity index (χ4v) is 2.44. The molecule has 2 N–H and O–H groups in total. The Morgan fingerprint density at radius 3 is 2.05 bits per heavy atom. The Bertz CT molecular complexity index is 440. The molecule has 1 saturated heterocycles. The predicted molar refractivity (Wildman–Crippen MR) is 81.6 cm³/mol. The van der Waals surface area contributed by atoms with Crippen molar-refractivity contribution in [2.75, 3.05) is 26.2 Å². The number of amides is 2. The summed E-state index contributed by atoms with van der Waals surface area (Å²) in [6, 6.07) is 10.4. The van der Waals surface area contributed by atoms with Gasteiger partial charge in [0.2, 0.25) is 11.8 Å². The maximum Gasteiger partial charge on any atom is 0.229 e. The molecule has 5 nitrogen and oxygen atoms in total. The Labute approximate surface area is 125 Å². The van der Waals surface area contributed by atoms with Gasteiger partial charge in [0.05, 0.1) is 0 Å². The molecule has 0 aliphatic carbocycles. The zero-order valence-corrected chi connectivity index (χ0v) is 12.3. The van der Waals surface area contributed by atoms with E-state index in [2.05, 4.69) is 27.7 Å². The van der Waals surface area contributed by atoms with Gasteiger partial charge in [-0.3, -0.25) is 14.5 Å². The minimum atomic E-state index is -0.192. The standard InChI is InChI=1S/C16H23N3O2/c20-15-12-16(21)18-9-5-11-19(10-4-8-17-15)13-14-6-2-1-3-7-14/h1-3,6-7H,4-5,8-13H2,(H,17,20)(H,18,21). The van der Waals surface area contributed by atoms with Gasteiger partial charge >= 0.3 is 0 Å². The Hall–Kier alpha value is -1.88. The lowest BCUT2D eigenvalue weighted by atomic mass is 10.2. The van der Waals surface area contributed by atoms with Crippen LogP contribution >= 0.6 is 0 Å². The summed E-state index contributed by atoms with van der Waals surface area (Å²) in [6.07, 6.45) is 1.74. The highest BCUT2D eigenvalue weighted by molar-refractivity contribution is 5.96. The van der Waals surface area contributed by atoms with Crippen LogP contribution in [0.2, 0.25) is 0 Å². The highest BCUT2D eigenvalue weighted by atomic mass is 16.2. The van der Waals surface area contributed by atoms with E-state index in [-0.39, 0.29) is 18.2 Å². The third kappa shape index (κ3) is 5.95. The molecule has 2 amide bonds. The number of nitrogens with one attached hydrogen (secondary N) is 2. The number of carbonyl (C=O) groups excluding carboxylic acids is 2. The van der Waals surface area contributed by atoms with E-state index < -0.39 is 0 Å². The van der Waals surface area contributed by atoms with E-state index in [1.807, 2.05) is 18.2 Å². The van der Waals surface area contributed by atoms with Crippen LogP contribution in [0.4, 0.5) is 0 Å². The van der Waals surface area contributed by atoms with Crippen LogP contribution in [0.25, 0.3) is 0 Å². The van der Waals surface area contributed by atoms with Crippen LogP contribution in [0, 0.1) is 0 Å². The van der Waals surface area contributed by atoms with Crippen molar-refractivity contribution >= 4 is 11.8 Å². The zero-order chi connectivity index (χ0) is 14.9. The molecule has 0 radical (unpaired) electrons. The van der Waals surface area contributed by atoms with Crippen LogP contribution in [0.3, 0.4) is 0 Å². The molecule has 114 valence electrons. The van der Waals surface area contributed by atoms with Crippen molar-refractivity contribution < 1.29 is 9.59 Å². The third-order valence-electron chi connectivity index (χ3n) is 3.52. The molecular weight excluding hydrogens is 266 g/mol. The van der Waals surface area contributed by atoms with E-state index in [0.29, 0.717) is 13.1 Å². The number of nitrogens with zero attached hydrogens (tertiary/aromatic N) is 1. The van der Waals surface area contributed by atoms with Crippen molar-refractivity contribution in [3.05, 3.63) is 35.9 Å². The van der Waals surface area contributed by atoms with Gasteiger partial charge in [0.15, 0.2) is 0 Å². The molecule has 0 unspecified atom stereocenters. The summed E-state index contributed by atoms with van der Waals surface area (Å²) in [7, 11) is 0. The van der Waals surface area contributed by atoms with Gasteiger partial charge in [0, 0.05) is 32.7 Å². The van der Waals surface area contributed by atoms with Gasteiger partial charge in [0.1, 0.15) is 6.42 Å². The Kier molecular flexibility index (Phi) is 6.22. The Balaban J connectivity index is 1.88. The van der Waals surface area contributed by atoms with Crippen molar-refractivity contribution in [3.63, 3.8) is 0 Å². The fourth-order valence-electron chi connectivity index (χ4n) is 2.44. The summed E-state index contributed by atoms with van der Waals surface area (Å²) in [5, 5.41) is 5.58. The number of hydrogen-bond donors (Lipinski definition) is 2. The van der Waals surface area contributed by atoms with Crippen LogP contribution in [0.5, 0.6) is 0 Å². The number of hydrogen-bond acceptors (Lipinski definition) is 3. The largest absolute Gasteiger partial charge is 0.356 e. The first-order valence-electron chi connectivity index (χ1n) is 7.54. The first-order valence-corrected chi connectivity index (χ1v) is 7.54. The van der Waals surface area contributed by atoms with Crippen molar-refractivity contribution in [1.82, 2.24) is 15.5 Å². The summed E-state index contributed by atoms with van der Waals surface area (Å²) < 4.78 is 0. The summed E-state index contributed by atoms with van der Waals surface area (Å²) in [6.45, 7) is 4.05. The van der Waals surface area contributed by atoms with Crippen LogP contribution in [-0.2, 0) is 16.1 Å². The highest BCUT2D eigenvalue weighted by Gasteiger charge is 2.11. The second kappa shape index (κ2) is 8.42. The maximum absolute atomic E-state index is 11.5. The molecule has 1 aromatic carbocycles. The summed E-state index contributed by atoms with van der Waals surface area (Å²) in [4.78, 5) is 25.4. The quantitative estimate of drug-likeness (QED) is 0.795. The topological polar surface area (TPSA) is 61.4 Å². The normalized spacial score (nSPS) is 19.0. The Morgan fingerprint density at radius 1 is 0.905 bits per heavy atom. The van der Waals surface area contributed by atoms with Gasteiger partial charge in [-0.15, -0.1) is 0 Å². The monoisotopic (exact) mass is 289 g/mol. The second-order valence-corrected chi connectivity index (χ2v) is 5.35. The van der Waals surface area contributed by atoms with E-state index in [9.17, 15) is 9.59 Å². The maximum atomic E-state index is 11.5. The first-order chi connectivity index (χ1) is 10.2. The van der Waals surface area contributed by atoms with Crippen LogP contribution in [0.1, 0.15) is 24.8 Å². The fraction of sp³-hybridized carbons (Fsp3) is 0.500. The molecule has 0 aromatic heterocycles. The van der Waals surface area contributed by atoms with Crippen LogP contribution < -0.4 is 10.6 Å². The van der Waals surface area contributed by atoms with Gasteiger partial charge in [-0.1, -0.05) is 30.3 Å². The molecule has 1 fully saturated rings. The van der Waals surface area contributed by atoms with Crippen LogP contribution in [-0.4, -0.2) is 42.9 Å².